The van der Waals surface area contributed by atoms with Crippen molar-refractivity contribution in [3.05, 3.63) is 89.0 Å². The first-order valence-electron chi connectivity index (χ1n) is 8.11. The zero-order valence-corrected chi connectivity index (χ0v) is 13.9. The van der Waals surface area contributed by atoms with Crippen molar-refractivity contribution in [2.24, 2.45) is 0 Å². The Hall–Kier alpha value is -3.67. The highest BCUT2D eigenvalue weighted by molar-refractivity contribution is 5.79. The molecule has 0 aliphatic rings. The van der Waals surface area contributed by atoms with Crippen LogP contribution in [0.25, 0.3) is 16.6 Å². The topological polar surface area (TPSA) is 83.0 Å². The third-order valence-electron chi connectivity index (χ3n) is 3.96. The van der Waals surface area contributed by atoms with Crippen molar-refractivity contribution in [2.45, 2.75) is 6.61 Å². The molecule has 128 valence electrons. The van der Waals surface area contributed by atoms with Crippen LogP contribution in [0.2, 0.25) is 0 Å². The lowest BCUT2D eigenvalue weighted by atomic mass is 10.2. The average molecular weight is 344 g/mol. The lowest BCUT2D eigenvalue weighted by Crippen LogP contribution is -2.18. The van der Waals surface area contributed by atoms with Gasteiger partial charge in [-0.2, -0.15) is 5.10 Å². The summed E-state index contributed by atoms with van der Waals surface area (Å²) < 4.78 is 7.38. The summed E-state index contributed by atoms with van der Waals surface area (Å²) in [6.07, 6.45) is 3.36. The number of nitrogens with zero attached hydrogens (tertiary/aromatic N) is 3. The minimum absolute atomic E-state index is 0.0771. The van der Waals surface area contributed by atoms with Crippen LogP contribution < -0.4 is 15.9 Å². The SMILES string of the molecule is Nc1cccc(-n2ccc(=O)c(COc3ccc4ncccc4c3)n2)c1. The number of nitrogens with two attached hydrogens (primary N) is 1. The van der Waals surface area contributed by atoms with E-state index in [0.717, 1.165) is 16.6 Å². The van der Waals surface area contributed by atoms with Crippen LogP contribution in [0.1, 0.15) is 5.69 Å². The second-order valence-corrected chi connectivity index (χ2v) is 5.81. The summed E-state index contributed by atoms with van der Waals surface area (Å²) in [6.45, 7) is 0.0771. The molecule has 0 saturated carbocycles. The van der Waals surface area contributed by atoms with Crippen molar-refractivity contribution in [1.82, 2.24) is 14.8 Å². The summed E-state index contributed by atoms with van der Waals surface area (Å²) in [5.41, 5.74) is 8.26. The van der Waals surface area contributed by atoms with E-state index >= 15 is 0 Å². The van der Waals surface area contributed by atoms with Gasteiger partial charge >= 0.3 is 0 Å². The number of aromatic nitrogens is 3. The number of anilines is 1. The van der Waals surface area contributed by atoms with E-state index in [0.29, 0.717) is 17.1 Å². The van der Waals surface area contributed by atoms with Gasteiger partial charge in [-0.05, 0) is 42.5 Å². The van der Waals surface area contributed by atoms with Crippen molar-refractivity contribution in [2.75, 3.05) is 5.73 Å². The zero-order chi connectivity index (χ0) is 17.9. The molecule has 0 radical (unpaired) electrons. The fraction of sp³-hybridized carbons (Fsp3) is 0.0500. The van der Waals surface area contributed by atoms with E-state index in [9.17, 15) is 4.79 Å². The number of nitrogen functional groups attached to an aromatic ring is 1. The molecule has 2 N–H and O–H groups in total. The van der Waals surface area contributed by atoms with E-state index < -0.39 is 0 Å². The van der Waals surface area contributed by atoms with Crippen LogP contribution in [-0.2, 0) is 6.61 Å². The van der Waals surface area contributed by atoms with Crippen molar-refractivity contribution < 1.29 is 4.74 Å². The molecule has 0 fully saturated rings. The van der Waals surface area contributed by atoms with Gasteiger partial charge in [0.1, 0.15) is 18.1 Å². The lowest BCUT2D eigenvalue weighted by molar-refractivity contribution is 0.298. The predicted octanol–water partition coefficient (Wildman–Crippen LogP) is 2.94. The summed E-state index contributed by atoms with van der Waals surface area (Å²) in [5, 5.41) is 5.35. The highest BCUT2D eigenvalue weighted by atomic mass is 16.5. The predicted molar refractivity (Wildman–Crippen MR) is 100 cm³/mol. The van der Waals surface area contributed by atoms with Crippen LogP contribution in [0.4, 0.5) is 5.69 Å². The Bertz CT molecular complexity index is 1140. The molecule has 26 heavy (non-hydrogen) atoms. The van der Waals surface area contributed by atoms with Crippen LogP contribution in [0.3, 0.4) is 0 Å². The van der Waals surface area contributed by atoms with Gasteiger partial charge in [-0.1, -0.05) is 12.1 Å². The number of rotatable bonds is 4. The van der Waals surface area contributed by atoms with E-state index in [4.69, 9.17) is 10.5 Å². The van der Waals surface area contributed by atoms with E-state index in [2.05, 4.69) is 10.1 Å². The molecule has 2 aromatic carbocycles. The minimum atomic E-state index is -0.174. The highest BCUT2D eigenvalue weighted by Crippen LogP contribution is 2.19. The first-order chi connectivity index (χ1) is 12.7. The van der Waals surface area contributed by atoms with Gasteiger partial charge in [-0.3, -0.25) is 9.78 Å². The van der Waals surface area contributed by atoms with Crippen LogP contribution in [0.5, 0.6) is 5.75 Å². The van der Waals surface area contributed by atoms with Crippen LogP contribution in [0.15, 0.2) is 77.9 Å². The molecule has 0 saturated heterocycles. The Balaban J connectivity index is 1.59. The Morgan fingerprint density at radius 1 is 1.04 bits per heavy atom. The second kappa shape index (κ2) is 6.68. The molecule has 6 heteroatoms. The normalized spacial score (nSPS) is 10.8. The minimum Gasteiger partial charge on any atom is -0.487 e. The first kappa shape index (κ1) is 15.8. The molecule has 0 aliphatic heterocycles. The average Bonchev–Trinajstić information content (AvgIpc) is 2.67. The van der Waals surface area contributed by atoms with Gasteiger partial charge in [0, 0.05) is 29.5 Å². The molecule has 4 rings (SSSR count). The van der Waals surface area contributed by atoms with E-state index in [1.54, 1.807) is 29.2 Å². The standard InChI is InChI=1S/C20H16N4O2/c21-15-4-1-5-16(12-15)24-10-8-20(25)19(23-24)13-26-17-6-7-18-14(11-17)3-2-9-22-18/h1-12H,13,21H2. The summed E-state index contributed by atoms with van der Waals surface area (Å²) in [5.74, 6) is 0.658. The van der Waals surface area contributed by atoms with Crippen molar-refractivity contribution in [3.63, 3.8) is 0 Å². The smallest absolute Gasteiger partial charge is 0.206 e. The van der Waals surface area contributed by atoms with Gasteiger partial charge in [0.05, 0.1) is 11.2 Å². The molecule has 2 aromatic heterocycles. The Labute approximate surface area is 149 Å². The zero-order valence-electron chi connectivity index (χ0n) is 13.9. The number of ether oxygens (including phenoxy) is 1. The lowest BCUT2D eigenvalue weighted by Gasteiger charge is -2.09. The van der Waals surface area contributed by atoms with Gasteiger partial charge in [0.2, 0.25) is 5.43 Å². The van der Waals surface area contributed by atoms with Gasteiger partial charge < -0.3 is 10.5 Å². The molecule has 6 nitrogen and oxygen atoms in total. The number of hydrogen-bond donors (Lipinski definition) is 1. The van der Waals surface area contributed by atoms with Crippen molar-refractivity contribution in [3.8, 4) is 11.4 Å². The van der Waals surface area contributed by atoms with Gasteiger partial charge in [0.15, 0.2) is 0 Å². The fourth-order valence-corrected chi connectivity index (χ4v) is 2.65. The van der Waals surface area contributed by atoms with Crippen LogP contribution >= 0.6 is 0 Å². The summed E-state index contributed by atoms with van der Waals surface area (Å²) in [6, 6.07) is 18.2. The largest absolute Gasteiger partial charge is 0.487 e. The summed E-state index contributed by atoms with van der Waals surface area (Å²) >= 11 is 0. The monoisotopic (exact) mass is 344 g/mol. The fourth-order valence-electron chi connectivity index (χ4n) is 2.65. The molecule has 0 aliphatic carbocycles. The third kappa shape index (κ3) is 3.25. The first-order valence-corrected chi connectivity index (χ1v) is 8.11. The number of benzene rings is 2. The van der Waals surface area contributed by atoms with Gasteiger partial charge in [-0.15, -0.1) is 0 Å². The maximum Gasteiger partial charge on any atom is 0.206 e. The Morgan fingerprint density at radius 2 is 1.96 bits per heavy atom. The molecule has 0 spiro atoms. The Kier molecular flexibility index (Phi) is 4.07. The number of hydrogen-bond acceptors (Lipinski definition) is 5. The van der Waals surface area contributed by atoms with Crippen molar-refractivity contribution >= 4 is 16.6 Å². The number of fused-ring (bicyclic) bond motifs is 1. The van der Waals surface area contributed by atoms with E-state index in [1.165, 1.54) is 6.07 Å². The highest BCUT2D eigenvalue weighted by Gasteiger charge is 2.06. The quantitative estimate of drug-likeness (QED) is 0.576. The van der Waals surface area contributed by atoms with Crippen LogP contribution in [0, 0.1) is 0 Å². The molecular formula is C20H16N4O2. The summed E-state index contributed by atoms with van der Waals surface area (Å²) in [4.78, 5) is 16.4. The number of pyridine rings is 1. The maximum absolute atomic E-state index is 12.1. The second-order valence-electron chi connectivity index (χ2n) is 5.81. The maximum atomic E-state index is 12.1. The Morgan fingerprint density at radius 3 is 2.85 bits per heavy atom. The van der Waals surface area contributed by atoms with Gasteiger partial charge in [0.25, 0.3) is 0 Å². The molecule has 0 amide bonds. The summed E-state index contributed by atoms with van der Waals surface area (Å²) in [7, 11) is 0. The molecule has 4 aromatic rings. The molecule has 2 heterocycles. The molecular weight excluding hydrogens is 328 g/mol. The molecule has 0 bridgehead atoms. The van der Waals surface area contributed by atoms with Crippen LogP contribution in [-0.4, -0.2) is 14.8 Å². The van der Waals surface area contributed by atoms with E-state index in [-0.39, 0.29) is 12.0 Å². The molecule has 0 unspecified atom stereocenters. The molecule has 0 atom stereocenters. The van der Waals surface area contributed by atoms with E-state index in [1.807, 2.05) is 42.5 Å². The third-order valence-corrected chi connectivity index (χ3v) is 3.96. The van der Waals surface area contributed by atoms with Crippen molar-refractivity contribution in [1.29, 1.82) is 0 Å². The van der Waals surface area contributed by atoms with Gasteiger partial charge in [-0.25, -0.2) is 4.68 Å².